The first kappa shape index (κ1) is 10.1. The Morgan fingerprint density at radius 1 is 1.19 bits per heavy atom. The number of hydrogen-bond acceptors (Lipinski definition) is 2. The van der Waals surface area contributed by atoms with E-state index in [1.165, 1.54) is 5.56 Å². The Morgan fingerprint density at radius 3 is 2.44 bits per heavy atom. The average Bonchev–Trinajstić information content (AvgIpc) is 2.63. The lowest BCUT2D eigenvalue weighted by atomic mass is 9.94. The van der Waals surface area contributed by atoms with Gasteiger partial charge in [0.15, 0.2) is 0 Å². The van der Waals surface area contributed by atoms with Gasteiger partial charge < -0.3 is 10.2 Å². The molecule has 0 aliphatic carbocycles. The molecule has 1 aromatic carbocycles. The molecule has 16 heavy (non-hydrogen) atoms. The molecule has 0 bridgehead atoms. The van der Waals surface area contributed by atoms with Crippen LogP contribution in [0, 0.1) is 0 Å². The van der Waals surface area contributed by atoms with Crippen molar-refractivity contribution in [3.63, 3.8) is 0 Å². The van der Waals surface area contributed by atoms with Crippen molar-refractivity contribution in [3.05, 3.63) is 29.8 Å². The maximum absolute atomic E-state index is 13.1. The van der Waals surface area contributed by atoms with Crippen LogP contribution in [0.4, 0.5) is 10.1 Å². The molecule has 2 saturated heterocycles. The normalized spacial score (nSPS) is 25.8. The predicted octanol–water partition coefficient (Wildman–Crippen LogP) is 1.92. The van der Waals surface area contributed by atoms with Crippen molar-refractivity contribution in [1.29, 1.82) is 0 Å². The summed E-state index contributed by atoms with van der Waals surface area (Å²) in [4.78, 5) is 2.13. The Labute approximate surface area is 95.4 Å². The summed E-state index contributed by atoms with van der Waals surface area (Å²) >= 11 is 0. The van der Waals surface area contributed by atoms with E-state index < -0.39 is 6.17 Å². The van der Waals surface area contributed by atoms with Crippen LogP contribution in [-0.2, 0) is 0 Å². The van der Waals surface area contributed by atoms with E-state index in [1.54, 1.807) is 0 Å². The zero-order valence-corrected chi connectivity index (χ0v) is 9.32. The third kappa shape index (κ3) is 1.80. The molecule has 3 heteroatoms. The van der Waals surface area contributed by atoms with E-state index >= 15 is 0 Å². The van der Waals surface area contributed by atoms with E-state index in [9.17, 15) is 4.39 Å². The SMILES string of the molecule is FC1CCN(c2ccc(C3CNC3)cc2)C1. The summed E-state index contributed by atoms with van der Waals surface area (Å²) < 4.78 is 13.1. The van der Waals surface area contributed by atoms with Crippen LogP contribution in [0.15, 0.2) is 24.3 Å². The lowest BCUT2D eigenvalue weighted by Crippen LogP contribution is -2.39. The molecule has 0 saturated carbocycles. The molecule has 1 N–H and O–H groups in total. The Hall–Kier alpha value is -1.09. The monoisotopic (exact) mass is 220 g/mol. The summed E-state index contributed by atoms with van der Waals surface area (Å²) in [6, 6.07) is 8.64. The van der Waals surface area contributed by atoms with Gasteiger partial charge in [0.2, 0.25) is 0 Å². The maximum atomic E-state index is 13.1. The van der Waals surface area contributed by atoms with Crippen LogP contribution in [-0.4, -0.2) is 32.4 Å². The first-order valence-corrected chi connectivity index (χ1v) is 6.02. The van der Waals surface area contributed by atoms with Gasteiger partial charge in [0.25, 0.3) is 0 Å². The first-order chi connectivity index (χ1) is 7.83. The van der Waals surface area contributed by atoms with Gasteiger partial charge >= 0.3 is 0 Å². The number of rotatable bonds is 2. The van der Waals surface area contributed by atoms with E-state index in [0.717, 1.165) is 25.3 Å². The lowest BCUT2D eigenvalue weighted by molar-refractivity contribution is 0.364. The fourth-order valence-electron chi connectivity index (χ4n) is 2.43. The molecule has 2 aliphatic heterocycles. The number of alkyl halides is 1. The van der Waals surface area contributed by atoms with Crippen molar-refractivity contribution >= 4 is 5.69 Å². The molecule has 2 fully saturated rings. The Kier molecular flexibility index (Phi) is 2.56. The second-order valence-electron chi connectivity index (χ2n) is 4.78. The third-order valence-corrected chi connectivity index (χ3v) is 3.64. The molecule has 1 aromatic rings. The van der Waals surface area contributed by atoms with Gasteiger partial charge in [-0.1, -0.05) is 12.1 Å². The molecule has 0 spiro atoms. The quantitative estimate of drug-likeness (QED) is 0.819. The van der Waals surface area contributed by atoms with Crippen molar-refractivity contribution in [2.45, 2.75) is 18.5 Å². The van der Waals surface area contributed by atoms with Crippen LogP contribution in [0.3, 0.4) is 0 Å². The molecule has 3 rings (SSSR count). The molecule has 0 radical (unpaired) electrons. The molecule has 1 unspecified atom stereocenters. The number of anilines is 1. The number of halogens is 1. The summed E-state index contributed by atoms with van der Waals surface area (Å²) in [7, 11) is 0. The van der Waals surface area contributed by atoms with E-state index in [4.69, 9.17) is 0 Å². The first-order valence-electron chi connectivity index (χ1n) is 6.02. The average molecular weight is 220 g/mol. The molecule has 86 valence electrons. The van der Waals surface area contributed by atoms with Crippen LogP contribution >= 0.6 is 0 Å². The van der Waals surface area contributed by atoms with Crippen LogP contribution in [0.1, 0.15) is 17.9 Å². The standard InChI is InChI=1S/C13H17FN2/c14-12-5-6-16(9-12)13-3-1-10(2-4-13)11-7-15-8-11/h1-4,11-12,15H,5-9H2. The second kappa shape index (κ2) is 4.06. The second-order valence-corrected chi connectivity index (χ2v) is 4.78. The molecular formula is C13H17FN2. The number of benzene rings is 1. The highest BCUT2D eigenvalue weighted by Crippen LogP contribution is 2.25. The number of nitrogens with one attached hydrogen (secondary N) is 1. The Balaban J connectivity index is 1.71. The summed E-state index contributed by atoms with van der Waals surface area (Å²) in [5.74, 6) is 0.682. The van der Waals surface area contributed by atoms with Crippen molar-refractivity contribution in [3.8, 4) is 0 Å². The van der Waals surface area contributed by atoms with Crippen molar-refractivity contribution < 1.29 is 4.39 Å². The van der Waals surface area contributed by atoms with Crippen molar-refractivity contribution in [2.75, 3.05) is 31.1 Å². The molecular weight excluding hydrogens is 203 g/mol. The van der Waals surface area contributed by atoms with E-state index in [0.29, 0.717) is 18.9 Å². The van der Waals surface area contributed by atoms with E-state index in [2.05, 4.69) is 34.5 Å². The molecule has 2 aliphatic rings. The minimum Gasteiger partial charge on any atom is -0.369 e. The molecule has 1 atom stereocenters. The van der Waals surface area contributed by atoms with Gasteiger partial charge in [0.1, 0.15) is 6.17 Å². The molecule has 2 nitrogen and oxygen atoms in total. The highest BCUT2D eigenvalue weighted by molar-refractivity contribution is 5.49. The summed E-state index contributed by atoms with van der Waals surface area (Å²) in [6.45, 7) is 3.60. The third-order valence-electron chi connectivity index (χ3n) is 3.64. The predicted molar refractivity (Wildman–Crippen MR) is 63.8 cm³/mol. The molecule has 0 amide bonds. The molecule has 2 heterocycles. The van der Waals surface area contributed by atoms with Crippen molar-refractivity contribution in [1.82, 2.24) is 5.32 Å². The van der Waals surface area contributed by atoms with Crippen LogP contribution in [0.25, 0.3) is 0 Å². The van der Waals surface area contributed by atoms with Gasteiger partial charge in [-0.15, -0.1) is 0 Å². The van der Waals surface area contributed by atoms with E-state index in [1.807, 2.05) is 0 Å². The number of nitrogens with zero attached hydrogens (tertiary/aromatic N) is 1. The zero-order chi connectivity index (χ0) is 11.0. The van der Waals surface area contributed by atoms with Gasteiger partial charge in [-0.25, -0.2) is 4.39 Å². The van der Waals surface area contributed by atoms with Crippen LogP contribution in [0.5, 0.6) is 0 Å². The highest BCUT2D eigenvalue weighted by atomic mass is 19.1. The Bertz CT molecular complexity index is 359. The van der Waals surface area contributed by atoms with Gasteiger partial charge in [-0.05, 0) is 24.1 Å². The Morgan fingerprint density at radius 2 is 1.94 bits per heavy atom. The lowest BCUT2D eigenvalue weighted by Gasteiger charge is -2.28. The molecule has 0 aromatic heterocycles. The van der Waals surface area contributed by atoms with Crippen LogP contribution in [0.2, 0.25) is 0 Å². The minimum atomic E-state index is -0.643. The maximum Gasteiger partial charge on any atom is 0.119 e. The fourth-order valence-corrected chi connectivity index (χ4v) is 2.43. The minimum absolute atomic E-state index is 0.560. The van der Waals surface area contributed by atoms with Crippen molar-refractivity contribution in [2.24, 2.45) is 0 Å². The van der Waals surface area contributed by atoms with Gasteiger partial charge in [0.05, 0.1) is 0 Å². The summed E-state index contributed by atoms with van der Waals surface area (Å²) in [6.07, 6.45) is 0.0318. The number of hydrogen-bond donors (Lipinski definition) is 1. The van der Waals surface area contributed by atoms with E-state index in [-0.39, 0.29) is 0 Å². The highest BCUT2D eigenvalue weighted by Gasteiger charge is 2.23. The largest absolute Gasteiger partial charge is 0.369 e. The fraction of sp³-hybridized carbons (Fsp3) is 0.538. The topological polar surface area (TPSA) is 15.3 Å². The van der Waals surface area contributed by atoms with Gasteiger partial charge in [-0.3, -0.25) is 0 Å². The summed E-state index contributed by atoms with van der Waals surface area (Å²) in [5, 5.41) is 3.28. The smallest absolute Gasteiger partial charge is 0.119 e. The zero-order valence-electron chi connectivity index (χ0n) is 9.32. The van der Waals surface area contributed by atoms with Crippen LogP contribution < -0.4 is 10.2 Å². The summed E-state index contributed by atoms with van der Waals surface area (Å²) in [5.41, 5.74) is 2.56. The van der Waals surface area contributed by atoms with Gasteiger partial charge in [-0.2, -0.15) is 0 Å². The van der Waals surface area contributed by atoms with Gasteiger partial charge in [0, 0.05) is 37.8 Å².